The first-order valence-corrected chi connectivity index (χ1v) is 6.01. The largest absolute Gasteiger partial charge is 0.444 e. The molecule has 1 aromatic heterocycles. The molecule has 0 aliphatic rings. The Hall–Kier alpha value is -1.69. The smallest absolute Gasteiger partial charge is 0.410 e. The van der Waals surface area contributed by atoms with Crippen LogP contribution < -0.4 is 0 Å². The Morgan fingerprint density at radius 3 is 2.58 bits per heavy atom. The standard InChI is InChI=1S/C12H16ClN3O3/c1-12(2,3)19-11(18)16(4)9(7-17)8-5-14-6-10(13)15-8/h5-7,9H,1-4H3. The lowest BCUT2D eigenvalue weighted by Gasteiger charge is -2.27. The van der Waals surface area contributed by atoms with Crippen LogP contribution in [0.5, 0.6) is 0 Å². The van der Waals surface area contributed by atoms with E-state index in [0.29, 0.717) is 6.29 Å². The maximum absolute atomic E-state index is 11.9. The van der Waals surface area contributed by atoms with E-state index in [4.69, 9.17) is 16.3 Å². The molecule has 1 rings (SSSR count). The van der Waals surface area contributed by atoms with Crippen LogP contribution in [0.2, 0.25) is 5.15 Å². The van der Waals surface area contributed by atoms with Crippen LogP contribution in [0.15, 0.2) is 12.4 Å². The van der Waals surface area contributed by atoms with Crippen LogP contribution in [-0.2, 0) is 9.53 Å². The van der Waals surface area contributed by atoms with E-state index in [-0.39, 0.29) is 10.8 Å². The molecule has 6 nitrogen and oxygen atoms in total. The molecule has 7 heteroatoms. The van der Waals surface area contributed by atoms with Gasteiger partial charge in [-0.3, -0.25) is 9.88 Å². The van der Waals surface area contributed by atoms with Crippen molar-refractivity contribution in [2.24, 2.45) is 0 Å². The van der Waals surface area contributed by atoms with Gasteiger partial charge in [-0.1, -0.05) is 11.6 Å². The van der Waals surface area contributed by atoms with Crippen molar-refractivity contribution >= 4 is 24.0 Å². The summed E-state index contributed by atoms with van der Waals surface area (Å²) in [6, 6.07) is -0.888. The molecule has 19 heavy (non-hydrogen) atoms. The van der Waals surface area contributed by atoms with Crippen LogP contribution in [0.1, 0.15) is 32.5 Å². The average Bonchev–Trinajstić information content (AvgIpc) is 2.27. The topological polar surface area (TPSA) is 72.4 Å². The average molecular weight is 286 g/mol. The number of likely N-dealkylation sites (N-methyl/N-ethyl adjacent to an activating group) is 1. The highest BCUT2D eigenvalue weighted by Gasteiger charge is 2.27. The van der Waals surface area contributed by atoms with E-state index >= 15 is 0 Å². The first-order chi connectivity index (χ1) is 8.74. The number of aldehydes is 1. The summed E-state index contributed by atoms with van der Waals surface area (Å²) in [4.78, 5) is 32.0. The second kappa shape index (κ2) is 5.97. The van der Waals surface area contributed by atoms with Gasteiger partial charge in [0.1, 0.15) is 23.1 Å². The van der Waals surface area contributed by atoms with E-state index in [1.165, 1.54) is 19.4 Å². The van der Waals surface area contributed by atoms with E-state index in [9.17, 15) is 9.59 Å². The highest BCUT2D eigenvalue weighted by Crippen LogP contribution is 2.19. The van der Waals surface area contributed by atoms with Crippen molar-refractivity contribution in [3.05, 3.63) is 23.2 Å². The number of carbonyl (C=O) groups excluding carboxylic acids is 2. The Kier molecular flexibility index (Phi) is 4.83. The Morgan fingerprint density at radius 1 is 1.47 bits per heavy atom. The number of nitrogens with zero attached hydrogens (tertiary/aromatic N) is 3. The number of halogens is 1. The Bertz CT molecular complexity index is 474. The van der Waals surface area contributed by atoms with Gasteiger partial charge in [0.05, 0.1) is 18.1 Å². The highest BCUT2D eigenvalue weighted by atomic mass is 35.5. The molecule has 104 valence electrons. The van der Waals surface area contributed by atoms with Crippen molar-refractivity contribution in [2.45, 2.75) is 32.4 Å². The summed E-state index contributed by atoms with van der Waals surface area (Å²) in [5.41, 5.74) is -0.352. The van der Waals surface area contributed by atoms with Crippen LogP contribution in [0, 0.1) is 0 Å². The van der Waals surface area contributed by atoms with Crippen LogP contribution in [0.4, 0.5) is 4.79 Å². The van der Waals surface area contributed by atoms with Crippen molar-refractivity contribution in [3.63, 3.8) is 0 Å². The lowest BCUT2D eigenvalue weighted by atomic mass is 10.2. The molecule has 0 radical (unpaired) electrons. The highest BCUT2D eigenvalue weighted by molar-refractivity contribution is 6.29. The number of hydrogen-bond donors (Lipinski definition) is 0. The van der Waals surface area contributed by atoms with E-state index < -0.39 is 17.7 Å². The number of hydrogen-bond acceptors (Lipinski definition) is 5. The van der Waals surface area contributed by atoms with Gasteiger partial charge >= 0.3 is 6.09 Å². The van der Waals surface area contributed by atoms with E-state index in [1.807, 2.05) is 0 Å². The summed E-state index contributed by atoms with van der Waals surface area (Å²) in [6.45, 7) is 5.23. The molecule has 0 N–H and O–H groups in total. The maximum Gasteiger partial charge on any atom is 0.410 e. The fraction of sp³-hybridized carbons (Fsp3) is 0.500. The fourth-order valence-electron chi connectivity index (χ4n) is 1.31. The van der Waals surface area contributed by atoms with Crippen molar-refractivity contribution in [2.75, 3.05) is 7.05 Å². The van der Waals surface area contributed by atoms with Gasteiger partial charge in [-0.25, -0.2) is 9.78 Å². The van der Waals surface area contributed by atoms with Gasteiger partial charge in [-0.05, 0) is 20.8 Å². The summed E-state index contributed by atoms with van der Waals surface area (Å²) in [7, 11) is 1.45. The molecule has 0 aliphatic heterocycles. The van der Waals surface area contributed by atoms with Gasteiger partial charge in [0, 0.05) is 7.05 Å². The first-order valence-electron chi connectivity index (χ1n) is 5.63. The Morgan fingerprint density at radius 2 is 2.11 bits per heavy atom. The number of carbonyl (C=O) groups is 2. The second-order valence-corrected chi connectivity index (χ2v) is 5.33. The lowest BCUT2D eigenvalue weighted by Crippen LogP contribution is -2.37. The molecule has 1 unspecified atom stereocenters. The molecule has 1 atom stereocenters. The Balaban J connectivity index is 2.91. The molecular weight excluding hydrogens is 270 g/mol. The minimum Gasteiger partial charge on any atom is -0.444 e. The molecule has 1 aromatic rings. The van der Waals surface area contributed by atoms with Gasteiger partial charge < -0.3 is 9.53 Å². The van der Waals surface area contributed by atoms with Crippen molar-refractivity contribution in [3.8, 4) is 0 Å². The predicted octanol–water partition coefficient (Wildman–Crippen LogP) is 2.24. The van der Waals surface area contributed by atoms with Gasteiger partial charge in [0.15, 0.2) is 0 Å². The SMILES string of the molecule is CN(C(=O)OC(C)(C)C)C(C=O)c1cncc(Cl)n1. The van der Waals surface area contributed by atoms with Gasteiger partial charge in [-0.15, -0.1) is 0 Å². The molecule has 0 spiro atoms. The summed E-state index contributed by atoms with van der Waals surface area (Å²) < 4.78 is 5.18. The molecule has 0 bridgehead atoms. The second-order valence-electron chi connectivity index (χ2n) is 4.94. The number of aromatic nitrogens is 2. The monoisotopic (exact) mass is 285 g/mol. The summed E-state index contributed by atoms with van der Waals surface area (Å²) in [5.74, 6) is 0. The van der Waals surface area contributed by atoms with Crippen LogP contribution >= 0.6 is 11.6 Å². The summed E-state index contributed by atoms with van der Waals surface area (Å²) in [6.07, 6.45) is 2.70. The van der Waals surface area contributed by atoms with Gasteiger partial charge in [0.2, 0.25) is 0 Å². The number of ether oxygens (including phenoxy) is 1. The fourth-order valence-corrected chi connectivity index (χ4v) is 1.46. The third kappa shape index (κ3) is 4.48. The molecule has 0 saturated carbocycles. The van der Waals surface area contributed by atoms with Crippen LogP contribution in [-0.4, -0.2) is 39.9 Å². The number of amides is 1. The molecule has 0 saturated heterocycles. The minimum atomic E-state index is -0.888. The molecule has 0 aliphatic carbocycles. The van der Waals surface area contributed by atoms with Crippen molar-refractivity contribution in [1.29, 1.82) is 0 Å². The molecular formula is C12H16ClN3O3. The third-order valence-corrected chi connectivity index (χ3v) is 2.34. The lowest BCUT2D eigenvalue weighted by molar-refractivity contribution is -0.112. The first kappa shape index (κ1) is 15.4. The van der Waals surface area contributed by atoms with Crippen LogP contribution in [0.3, 0.4) is 0 Å². The van der Waals surface area contributed by atoms with Gasteiger partial charge in [0.25, 0.3) is 0 Å². The van der Waals surface area contributed by atoms with Crippen molar-refractivity contribution in [1.82, 2.24) is 14.9 Å². The predicted molar refractivity (Wildman–Crippen MR) is 69.8 cm³/mol. The zero-order valence-electron chi connectivity index (χ0n) is 11.3. The van der Waals surface area contributed by atoms with E-state index in [1.54, 1.807) is 20.8 Å². The molecule has 0 fully saturated rings. The molecule has 1 heterocycles. The third-order valence-electron chi connectivity index (χ3n) is 2.15. The van der Waals surface area contributed by atoms with E-state index in [0.717, 1.165) is 4.90 Å². The quantitative estimate of drug-likeness (QED) is 0.796. The summed E-state index contributed by atoms with van der Waals surface area (Å²) >= 11 is 5.71. The van der Waals surface area contributed by atoms with Crippen LogP contribution in [0.25, 0.3) is 0 Å². The minimum absolute atomic E-state index is 0.155. The van der Waals surface area contributed by atoms with Crippen molar-refractivity contribution < 1.29 is 14.3 Å². The molecule has 1 amide bonds. The Labute approximate surface area is 116 Å². The van der Waals surface area contributed by atoms with E-state index in [2.05, 4.69) is 9.97 Å². The van der Waals surface area contributed by atoms with Gasteiger partial charge in [-0.2, -0.15) is 0 Å². The summed E-state index contributed by atoms with van der Waals surface area (Å²) in [5, 5.41) is 0.155. The zero-order chi connectivity index (χ0) is 14.6. The molecule has 0 aromatic carbocycles. The maximum atomic E-state index is 11.9. The normalized spacial score (nSPS) is 12.7. The number of rotatable bonds is 3. The zero-order valence-corrected chi connectivity index (χ0v) is 12.0.